The van der Waals surface area contributed by atoms with Crippen molar-refractivity contribution in [3.63, 3.8) is 0 Å². The Labute approximate surface area is 71.5 Å². The highest BCUT2D eigenvalue weighted by Gasteiger charge is 2.08. The van der Waals surface area contributed by atoms with E-state index in [2.05, 4.69) is 4.74 Å². The zero-order valence-electron chi connectivity index (χ0n) is 7.28. The van der Waals surface area contributed by atoms with E-state index in [0.717, 1.165) is 0 Å². The van der Waals surface area contributed by atoms with Crippen molar-refractivity contribution in [1.29, 1.82) is 0 Å². The normalized spacial score (nSPS) is 14.2. The summed E-state index contributed by atoms with van der Waals surface area (Å²) in [5.41, 5.74) is 0.486. The van der Waals surface area contributed by atoms with E-state index in [1.54, 1.807) is 19.9 Å². The van der Waals surface area contributed by atoms with Crippen LogP contribution < -0.4 is 0 Å². The summed E-state index contributed by atoms with van der Waals surface area (Å²) in [4.78, 5) is 10.9. The molecule has 0 aliphatic carbocycles. The van der Waals surface area contributed by atoms with E-state index in [0.29, 0.717) is 5.57 Å². The van der Waals surface area contributed by atoms with Gasteiger partial charge in [-0.1, -0.05) is 6.08 Å². The summed E-state index contributed by atoms with van der Waals surface area (Å²) >= 11 is 0. The number of rotatable bonds is 4. The molecule has 2 N–H and O–H groups in total. The number of allylic oxidation sites excluding steroid dienone is 1. The number of aliphatic hydroxyl groups excluding tert-OH is 2. The van der Waals surface area contributed by atoms with Gasteiger partial charge in [0.1, 0.15) is 12.7 Å². The van der Waals surface area contributed by atoms with Crippen LogP contribution in [0.4, 0.5) is 0 Å². The molecule has 0 aliphatic rings. The smallest absolute Gasteiger partial charge is 0.333 e. The zero-order chi connectivity index (χ0) is 9.56. The Kier molecular flexibility index (Phi) is 5.32. The topological polar surface area (TPSA) is 66.8 Å². The van der Waals surface area contributed by atoms with E-state index in [1.165, 1.54) is 0 Å². The monoisotopic (exact) mass is 174 g/mol. The SMILES string of the molecule is C/C=C(\C)C(=O)OCC(O)CO. The maximum atomic E-state index is 10.9. The maximum Gasteiger partial charge on any atom is 0.333 e. The summed E-state index contributed by atoms with van der Waals surface area (Å²) in [5.74, 6) is -0.468. The Bertz CT molecular complexity index is 174. The molecule has 0 amide bonds. The molecule has 0 fully saturated rings. The lowest BCUT2D eigenvalue weighted by atomic mass is 10.3. The number of aliphatic hydroxyl groups is 2. The maximum absolute atomic E-state index is 10.9. The van der Waals surface area contributed by atoms with Crippen molar-refractivity contribution in [3.8, 4) is 0 Å². The Morgan fingerprint density at radius 1 is 1.67 bits per heavy atom. The van der Waals surface area contributed by atoms with Gasteiger partial charge in [-0.25, -0.2) is 4.79 Å². The Hall–Kier alpha value is -0.870. The standard InChI is InChI=1S/C8H14O4/c1-3-6(2)8(11)12-5-7(10)4-9/h3,7,9-10H,4-5H2,1-2H3/b6-3+. The fourth-order valence-corrected chi connectivity index (χ4v) is 0.456. The van der Waals surface area contributed by atoms with Crippen molar-refractivity contribution in [3.05, 3.63) is 11.6 Å². The molecule has 70 valence electrons. The number of esters is 1. The average Bonchev–Trinajstić information content (AvgIpc) is 2.11. The molecular weight excluding hydrogens is 160 g/mol. The Morgan fingerprint density at radius 3 is 2.67 bits per heavy atom. The molecule has 0 rings (SSSR count). The van der Waals surface area contributed by atoms with Crippen LogP contribution in [0, 0.1) is 0 Å². The van der Waals surface area contributed by atoms with Crippen molar-refractivity contribution >= 4 is 5.97 Å². The van der Waals surface area contributed by atoms with Crippen molar-refractivity contribution < 1.29 is 19.7 Å². The fraction of sp³-hybridized carbons (Fsp3) is 0.625. The number of ether oxygens (including phenoxy) is 1. The molecule has 4 nitrogen and oxygen atoms in total. The van der Waals surface area contributed by atoms with Gasteiger partial charge in [0.2, 0.25) is 0 Å². The molecular formula is C8H14O4. The van der Waals surface area contributed by atoms with Gasteiger partial charge in [0.15, 0.2) is 0 Å². The molecule has 0 heterocycles. The minimum atomic E-state index is -0.987. The second-order valence-electron chi connectivity index (χ2n) is 2.41. The largest absolute Gasteiger partial charge is 0.459 e. The predicted molar refractivity (Wildman–Crippen MR) is 43.5 cm³/mol. The van der Waals surface area contributed by atoms with Gasteiger partial charge in [0.05, 0.1) is 6.61 Å². The summed E-state index contributed by atoms with van der Waals surface area (Å²) in [5, 5.41) is 17.2. The predicted octanol–water partition coefficient (Wildman–Crippen LogP) is -0.151. The van der Waals surface area contributed by atoms with Crippen molar-refractivity contribution in [2.45, 2.75) is 20.0 Å². The van der Waals surface area contributed by atoms with Crippen molar-refractivity contribution in [2.24, 2.45) is 0 Å². The Balaban J connectivity index is 3.72. The van der Waals surface area contributed by atoms with Crippen LogP contribution in [-0.4, -0.2) is 35.5 Å². The first-order valence-electron chi connectivity index (χ1n) is 3.70. The number of carbonyl (C=O) groups excluding carboxylic acids is 1. The highest BCUT2D eigenvalue weighted by molar-refractivity contribution is 5.87. The zero-order valence-corrected chi connectivity index (χ0v) is 7.28. The molecule has 0 saturated heterocycles. The van der Waals surface area contributed by atoms with Gasteiger partial charge in [-0.2, -0.15) is 0 Å². The highest BCUT2D eigenvalue weighted by Crippen LogP contribution is 1.96. The van der Waals surface area contributed by atoms with Crippen LogP contribution in [-0.2, 0) is 9.53 Å². The van der Waals surface area contributed by atoms with E-state index < -0.39 is 18.7 Å². The van der Waals surface area contributed by atoms with E-state index in [9.17, 15) is 4.79 Å². The fourth-order valence-electron chi connectivity index (χ4n) is 0.456. The number of carbonyl (C=O) groups is 1. The third-order valence-electron chi connectivity index (χ3n) is 1.37. The lowest BCUT2D eigenvalue weighted by Gasteiger charge is -2.07. The molecule has 1 unspecified atom stereocenters. The minimum Gasteiger partial charge on any atom is -0.459 e. The second kappa shape index (κ2) is 5.74. The van der Waals surface area contributed by atoms with Gasteiger partial charge < -0.3 is 14.9 Å². The molecule has 0 aliphatic heterocycles. The molecule has 0 saturated carbocycles. The van der Waals surface area contributed by atoms with Gasteiger partial charge in [-0.15, -0.1) is 0 Å². The molecule has 0 radical (unpaired) electrons. The van der Waals surface area contributed by atoms with Crippen LogP contribution in [0.1, 0.15) is 13.8 Å². The molecule has 0 aromatic carbocycles. The van der Waals surface area contributed by atoms with Crippen LogP contribution >= 0.6 is 0 Å². The van der Waals surface area contributed by atoms with Gasteiger partial charge in [0, 0.05) is 5.57 Å². The van der Waals surface area contributed by atoms with Crippen LogP contribution in [0.15, 0.2) is 11.6 Å². The second-order valence-corrected chi connectivity index (χ2v) is 2.41. The third kappa shape index (κ3) is 4.10. The molecule has 4 heteroatoms. The first kappa shape index (κ1) is 11.1. The van der Waals surface area contributed by atoms with E-state index in [-0.39, 0.29) is 6.61 Å². The van der Waals surface area contributed by atoms with Gasteiger partial charge in [-0.3, -0.25) is 0 Å². The van der Waals surface area contributed by atoms with Gasteiger partial charge in [0.25, 0.3) is 0 Å². The summed E-state index contributed by atoms with van der Waals surface area (Å²) in [6, 6.07) is 0. The van der Waals surface area contributed by atoms with E-state index >= 15 is 0 Å². The van der Waals surface area contributed by atoms with Crippen molar-refractivity contribution in [2.75, 3.05) is 13.2 Å². The first-order valence-corrected chi connectivity index (χ1v) is 3.70. The van der Waals surface area contributed by atoms with Crippen LogP contribution in [0.5, 0.6) is 0 Å². The van der Waals surface area contributed by atoms with Crippen LogP contribution in [0.2, 0.25) is 0 Å². The lowest BCUT2D eigenvalue weighted by Crippen LogP contribution is -2.22. The number of hydrogen-bond acceptors (Lipinski definition) is 4. The van der Waals surface area contributed by atoms with Crippen molar-refractivity contribution in [1.82, 2.24) is 0 Å². The minimum absolute atomic E-state index is 0.166. The van der Waals surface area contributed by atoms with Gasteiger partial charge in [-0.05, 0) is 13.8 Å². The van der Waals surface area contributed by atoms with E-state index in [1.807, 2.05) is 0 Å². The molecule has 0 aromatic rings. The third-order valence-corrected chi connectivity index (χ3v) is 1.37. The van der Waals surface area contributed by atoms with Gasteiger partial charge >= 0.3 is 5.97 Å². The van der Waals surface area contributed by atoms with Crippen LogP contribution in [0.3, 0.4) is 0 Å². The molecule has 1 atom stereocenters. The summed E-state index contributed by atoms with van der Waals surface area (Å²) < 4.78 is 4.63. The molecule has 12 heavy (non-hydrogen) atoms. The summed E-state index contributed by atoms with van der Waals surface area (Å²) in [6.07, 6.45) is 0.631. The molecule has 0 aromatic heterocycles. The number of hydrogen-bond donors (Lipinski definition) is 2. The molecule has 0 spiro atoms. The lowest BCUT2D eigenvalue weighted by molar-refractivity contribution is -0.142. The molecule has 0 bridgehead atoms. The van der Waals surface area contributed by atoms with E-state index in [4.69, 9.17) is 10.2 Å². The quantitative estimate of drug-likeness (QED) is 0.459. The summed E-state index contributed by atoms with van der Waals surface area (Å²) in [6.45, 7) is 2.77. The first-order chi connectivity index (χ1) is 5.61. The average molecular weight is 174 g/mol. The van der Waals surface area contributed by atoms with Crippen LogP contribution in [0.25, 0.3) is 0 Å². The highest BCUT2D eigenvalue weighted by atomic mass is 16.5. The Morgan fingerprint density at radius 2 is 2.25 bits per heavy atom. The summed E-state index contributed by atoms with van der Waals surface area (Å²) in [7, 11) is 0.